The Labute approximate surface area is 112 Å². The second kappa shape index (κ2) is 5.74. The molecule has 0 saturated carbocycles. The van der Waals surface area contributed by atoms with Crippen molar-refractivity contribution in [2.24, 2.45) is 0 Å². The molecule has 1 aromatic carbocycles. The standard InChI is InChI=1S/C10H10ClN5OS/c11-6-3-1-2-4-7(6)13-8(17)5-18-10-14-9(12)15-16-10/h1-4H,5H2,(H,13,17)(H3,12,14,15,16). The second-order valence-electron chi connectivity index (χ2n) is 3.32. The van der Waals surface area contributed by atoms with E-state index in [1.807, 2.05) is 0 Å². The van der Waals surface area contributed by atoms with Crippen LogP contribution in [0.2, 0.25) is 5.02 Å². The predicted octanol–water partition coefficient (Wildman–Crippen LogP) is 1.77. The highest BCUT2D eigenvalue weighted by molar-refractivity contribution is 7.99. The molecular formula is C10H10ClN5OS. The zero-order valence-corrected chi connectivity index (χ0v) is 10.8. The van der Waals surface area contributed by atoms with Crippen LogP contribution in [0, 0.1) is 0 Å². The van der Waals surface area contributed by atoms with Crippen LogP contribution in [-0.2, 0) is 4.79 Å². The lowest BCUT2D eigenvalue weighted by Gasteiger charge is -2.05. The number of hydrogen-bond acceptors (Lipinski definition) is 5. The number of hydrogen-bond donors (Lipinski definition) is 3. The third-order valence-corrected chi connectivity index (χ3v) is 3.14. The Kier molecular flexibility index (Phi) is 4.06. The van der Waals surface area contributed by atoms with Gasteiger partial charge in [0.15, 0.2) is 0 Å². The van der Waals surface area contributed by atoms with E-state index in [2.05, 4.69) is 20.5 Å². The van der Waals surface area contributed by atoms with E-state index < -0.39 is 0 Å². The zero-order valence-electron chi connectivity index (χ0n) is 9.18. The number of nitrogens with two attached hydrogens (primary N) is 1. The molecule has 18 heavy (non-hydrogen) atoms. The fourth-order valence-corrected chi connectivity index (χ4v) is 1.99. The molecule has 8 heteroatoms. The van der Waals surface area contributed by atoms with Gasteiger partial charge in [0.05, 0.1) is 16.5 Å². The Morgan fingerprint density at radius 3 is 2.94 bits per heavy atom. The smallest absolute Gasteiger partial charge is 0.234 e. The van der Waals surface area contributed by atoms with Crippen LogP contribution < -0.4 is 11.1 Å². The lowest BCUT2D eigenvalue weighted by Crippen LogP contribution is -2.14. The molecule has 2 rings (SSSR count). The summed E-state index contributed by atoms with van der Waals surface area (Å²) in [6.45, 7) is 0. The number of aromatic nitrogens is 3. The minimum Gasteiger partial charge on any atom is -0.368 e. The lowest BCUT2D eigenvalue weighted by atomic mass is 10.3. The van der Waals surface area contributed by atoms with Gasteiger partial charge in [-0.15, -0.1) is 5.10 Å². The molecule has 1 amide bonds. The fraction of sp³-hybridized carbons (Fsp3) is 0.100. The van der Waals surface area contributed by atoms with Gasteiger partial charge >= 0.3 is 0 Å². The van der Waals surface area contributed by atoms with Crippen LogP contribution in [-0.4, -0.2) is 26.8 Å². The minimum atomic E-state index is -0.184. The van der Waals surface area contributed by atoms with E-state index in [-0.39, 0.29) is 17.6 Å². The summed E-state index contributed by atoms with van der Waals surface area (Å²) in [5, 5.41) is 9.93. The highest BCUT2D eigenvalue weighted by Crippen LogP contribution is 2.21. The summed E-state index contributed by atoms with van der Waals surface area (Å²) in [5.74, 6) is 0.225. The van der Waals surface area contributed by atoms with Crippen molar-refractivity contribution in [3.05, 3.63) is 29.3 Å². The number of nitrogens with one attached hydrogen (secondary N) is 2. The SMILES string of the molecule is Nc1nc(SCC(=O)Nc2ccccc2Cl)n[nH]1. The molecule has 0 unspecified atom stereocenters. The van der Waals surface area contributed by atoms with Crippen LogP contribution in [0.3, 0.4) is 0 Å². The van der Waals surface area contributed by atoms with E-state index in [1.54, 1.807) is 24.3 Å². The maximum Gasteiger partial charge on any atom is 0.234 e. The Balaban J connectivity index is 1.88. The van der Waals surface area contributed by atoms with Gasteiger partial charge in [-0.25, -0.2) is 5.10 Å². The molecule has 6 nitrogen and oxygen atoms in total. The molecule has 0 aliphatic rings. The van der Waals surface area contributed by atoms with Gasteiger partial charge in [-0.1, -0.05) is 35.5 Å². The molecule has 0 fully saturated rings. The van der Waals surface area contributed by atoms with Crippen LogP contribution in [0.4, 0.5) is 11.6 Å². The van der Waals surface area contributed by atoms with Crippen molar-refractivity contribution in [3.63, 3.8) is 0 Å². The Morgan fingerprint density at radius 2 is 2.28 bits per heavy atom. The molecule has 0 aliphatic carbocycles. The molecule has 0 spiro atoms. The topological polar surface area (TPSA) is 96.7 Å². The average Bonchev–Trinajstić information content (AvgIpc) is 2.76. The largest absolute Gasteiger partial charge is 0.368 e. The molecule has 0 radical (unpaired) electrons. The van der Waals surface area contributed by atoms with Crippen molar-refractivity contribution in [3.8, 4) is 0 Å². The summed E-state index contributed by atoms with van der Waals surface area (Å²) >= 11 is 7.11. The van der Waals surface area contributed by atoms with Crippen molar-refractivity contribution >= 4 is 40.9 Å². The first-order valence-corrected chi connectivity index (χ1v) is 6.36. The number of carbonyl (C=O) groups is 1. The summed E-state index contributed by atoms with van der Waals surface area (Å²) in [6, 6.07) is 7.03. The number of nitrogens with zero attached hydrogens (tertiary/aromatic N) is 2. The zero-order chi connectivity index (χ0) is 13.0. The third kappa shape index (κ3) is 3.38. The number of aromatic amines is 1. The number of nitrogen functional groups attached to an aromatic ring is 1. The first-order valence-electron chi connectivity index (χ1n) is 5.00. The maximum absolute atomic E-state index is 11.7. The third-order valence-electron chi connectivity index (χ3n) is 1.96. The summed E-state index contributed by atoms with van der Waals surface area (Å²) in [4.78, 5) is 15.5. The normalized spacial score (nSPS) is 10.3. The van der Waals surface area contributed by atoms with Crippen LogP contribution >= 0.6 is 23.4 Å². The van der Waals surface area contributed by atoms with Crippen molar-refractivity contribution in [1.29, 1.82) is 0 Å². The summed E-state index contributed by atoms with van der Waals surface area (Å²) in [5.41, 5.74) is 5.95. The molecule has 4 N–H and O–H groups in total. The first-order chi connectivity index (χ1) is 8.65. The summed E-state index contributed by atoms with van der Waals surface area (Å²) in [6.07, 6.45) is 0. The Morgan fingerprint density at radius 1 is 1.50 bits per heavy atom. The maximum atomic E-state index is 11.7. The van der Waals surface area contributed by atoms with Gasteiger partial charge in [-0.05, 0) is 12.1 Å². The van der Waals surface area contributed by atoms with E-state index in [9.17, 15) is 4.79 Å². The predicted molar refractivity (Wildman–Crippen MR) is 71.6 cm³/mol. The number of halogens is 1. The van der Waals surface area contributed by atoms with Gasteiger partial charge in [-0.2, -0.15) is 4.98 Å². The average molecular weight is 284 g/mol. The summed E-state index contributed by atoms with van der Waals surface area (Å²) in [7, 11) is 0. The van der Waals surface area contributed by atoms with E-state index in [4.69, 9.17) is 17.3 Å². The van der Waals surface area contributed by atoms with Gasteiger partial charge in [0.1, 0.15) is 0 Å². The number of amides is 1. The Hall–Kier alpha value is -1.73. The molecule has 2 aromatic rings. The van der Waals surface area contributed by atoms with Crippen LogP contribution in [0.5, 0.6) is 0 Å². The van der Waals surface area contributed by atoms with Gasteiger partial charge < -0.3 is 11.1 Å². The van der Waals surface area contributed by atoms with Crippen molar-refractivity contribution in [2.45, 2.75) is 5.16 Å². The van der Waals surface area contributed by atoms with E-state index in [0.717, 1.165) is 0 Å². The molecule has 1 aromatic heterocycles. The van der Waals surface area contributed by atoms with E-state index in [1.165, 1.54) is 11.8 Å². The minimum absolute atomic E-state index is 0.183. The number of thioether (sulfide) groups is 1. The van der Waals surface area contributed by atoms with Crippen molar-refractivity contribution in [2.75, 3.05) is 16.8 Å². The number of rotatable bonds is 4. The number of benzene rings is 1. The number of anilines is 2. The van der Waals surface area contributed by atoms with Gasteiger partial charge in [-0.3, -0.25) is 4.79 Å². The van der Waals surface area contributed by atoms with Gasteiger partial charge in [0.2, 0.25) is 17.0 Å². The molecule has 0 atom stereocenters. The molecule has 0 aliphatic heterocycles. The van der Waals surface area contributed by atoms with Crippen molar-refractivity contribution < 1.29 is 4.79 Å². The molecule has 0 bridgehead atoms. The second-order valence-corrected chi connectivity index (χ2v) is 4.67. The lowest BCUT2D eigenvalue weighted by molar-refractivity contribution is -0.113. The van der Waals surface area contributed by atoms with Crippen LogP contribution in [0.1, 0.15) is 0 Å². The molecular weight excluding hydrogens is 274 g/mol. The van der Waals surface area contributed by atoms with Crippen LogP contribution in [0.25, 0.3) is 0 Å². The fourth-order valence-electron chi connectivity index (χ4n) is 1.20. The monoisotopic (exact) mass is 283 g/mol. The molecule has 1 heterocycles. The quantitative estimate of drug-likeness (QED) is 0.743. The first kappa shape index (κ1) is 12.7. The highest BCUT2D eigenvalue weighted by Gasteiger charge is 2.08. The van der Waals surface area contributed by atoms with E-state index in [0.29, 0.717) is 15.9 Å². The molecule has 94 valence electrons. The Bertz CT molecular complexity index is 559. The van der Waals surface area contributed by atoms with Gasteiger partial charge in [0.25, 0.3) is 0 Å². The van der Waals surface area contributed by atoms with Crippen molar-refractivity contribution in [1.82, 2.24) is 15.2 Å². The summed E-state index contributed by atoms with van der Waals surface area (Å²) < 4.78 is 0. The number of H-pyrrole nitrogens is 1. The number of carbonyl (C=O) groups excluding carboxylic acids is 1. The number of para-hydroxylation sites is 1. The van der Waals surface area contributed by atoms with E-state index >= 15 is 0 Å². The molecule has 0 saturated heterocycles. The van der Waals surface area contributed by atoms with Gasteiger partial charge in [0, 0.05) is 0 Å². The van der Waals surface area contributed by atoms with Crippen LogP contribution in [0.15, 0.2) is 29.4 Å². The highest BCUT2D eigenvalue weighted by atomic mass is 35.5.